The van der Waals surface area contributed by atoms with Crippen molar-refractivity contribution < 1.29 is 4.74 Å². The van der Waals surface area contributed by atoms with Crippen LogP contribution in [0.4, 0.5) is 0 Å². The van der Waals surface area contributed by atoms with E-state index in [1.54, 1.807) is 0 Å². The van der Waals surface area contributed by atoms with E-state index in [0.717, 1.165) is 11.5 Å². The van der Waals surface area contributed by atoms with Gasteiger partial charge in [0.1, 0.15) is 11.5 Å². The van der Waals surface area contributed by atoms with E-state index in [0.29, 0.717) is 5.92 Å². The van der Waals surface area contributed by atoms with Crippen molar-refractivity contribution in [3.05, 3.63) is 60.2 Å². The first-order valence-corrected chi connectivity index (χ1v) is 7.43. The lowest BCUT2D eigenvalue weighted by atomic mass is 10.1. The van der Waals surface area contributed by atoms with Crippen LogP contribution in [-0.4, -0.2) is 5.71 Å². The summed E-state index contributed by atoms with van der Waals surface area (Å²) < 4.78 is 5.80. The molecule has 0 amide bonds. The van der Waals surface area contributed by atoms with Gasteiger partial charge in [-0.2, -0.15) is 0 Å². The van der Waals surface area contributed by atoms with Gasteiger partial charge < -0.3 is 4.74 Å². The Hall–Kier alpha value is -2.09. The summed E-state index contributed by atoms with van der Waals surface area (Å²) in [6.45, 7) is 8.55. The summed E-state index contributed by atoms with van der Waals surface area (Å²) in [6.07, 6.45) is 0. The van der Waals surface area contributed by atoms with Crippen molar-refractivity contribution in [2.45, 2.75) is 33.7 Å². The minimum Gasteiger partial charge on any atom is -0.457 e. The van der Waals surface area contributed by atoms with Crippen LogP contribution < -0.4 is 4.74 Å². The molecule has 1 atom stereocenters. The van der Waals surface area contributed by atoms with Gasteiger partial charge in [-0.15, -0.1) is 0 Å². The minimum atomic E-state index is 0.179. The fourth-order valence-electron chi connectivity index (χ4n) is 1.97. The molecule has 21 heavy (non-hydrogen) atoms. The third-order valence-electron chi connectivity index (χ3n) is 3.57. The highest BCUT2D eigenvalue weighted by Crippen LogP contribution is 2.24. The highest BCUT2D eigenvalue weighted by molar-refractivity contribution is 5.83. The lowest BCUT2D eigenvalue weighted by Crippen LogP contribution is -2.04. The molecule has 0 aliphatic heterocycles. The molecule has 0 saturated carbocycles. The van der Waals surface area contributed by atoms with Gasteiger partial charge in [0.15, 0.2) is 0 Å². The van der Waals surface area contributed by atoms with E-state index in [1.165, 1.54) is 11.3 Å². The number of para-hydroxylation sites is 1. The molecule has 0 aliphatic carbocycles. The predicted molar refractivity (Wildman–Crippen MR) is 89.3 cm³/mol. The van der Waals surface area contributed by atoms with Gasteiger partial charge in [-0.3, -0.25) is 4.99 Å². The quantitative estimate of drug-likeness (QED) is 0.648. The average molecular weight is 281 g/mol. The zero-order valence-electron chi connectivity index (χ0n) is 13.2. The second-order valence-corrected chi connectivity index (χ2v) is 5.59. The van der Waals surface area contributed by atoms with Crippen LogP contribution in [0.5, 0.6) is 11.5 Å². The summed E-state index contributed by atoms with van der Waals surface area (Å²) in [5.41, 5.74) is 2.39. The zero-order valence-corrected chi connectivity index (χ0v) is 13.2. The fraction of sp³-hybridized carbons (Fsp3) is 0.316. The molecule has 0 N–H and O–H groups in total. The van der Waals surface area contributed by atoms with Crippen molar-refractivity contribution in [3.8, 4) is 11.5 Å². The van der Waals surface area contributed by atoms with Crippen LogP contribution in [0.3, 0.4) is 0 Å². The highest BCUT2D eigenvalue weighted by Gasteiger charge is 2.06. The standard InChI is InChI=1S/C19H23NO/c1-14(2)15(3)20-16(4)17-10-12-19(13-11-17)21-18-8-6-5-7-9-18/h5-14,16H,1-4H3/b20-15-. The topological polar surface area (TPSA) is 21.6 Å². The molecule has 2 heteroatoms. The van der Waals surface area contributed by atoms with Gasteiger partial charge in [0, 0.05) is 5.71 Å². The molecule has 2 nitrogen and oxygen atoms in total. The van der Waals surface area contributed by atoms with Gasteiger partial charge in [-0.05, 0) is 49.6 Å². The molecule has 2 rings (SSSR count). The van der Waals surface area contributed by atoms with Gasteiger partial charge in [-0.1, -0.05) is 44.2 Å². The Morgan fingerprint density at radius 3 is 2.00 bits per heavy atom. The molecule has 0 aliphatic rings. The summed E-state index contributed by atoms with van der Waals surface area (Å²) in [5, 5.41) is 0. The molecule has 0 radical (unpaired) electrons. The molecule has 1 unspecified atom stereocenters. The summed E-state index contributed by atoms with van der Waals surface area (Å²) in [5.74, 6) is 2.20. The molecular formula is C19H23NO. The van der Waals surface area contributed by atoms with Crippen molar-refractivity contribution in [2.75, 3.05) is 0 Å². The largest absolute Gasteiger partial charge is 0.457 e. The van der Waals surface area contributed by atoms with Gasteiger partial charge in [-0.25, -0.2) is 0 Å². The Labute approximate surface area is 127 Å². The summed E-state index contributed by atoms with van der Waals surface area (Å²) in [7, 11) is 0. The first-order chi connectivity index (χ1) is 10.1. The smallest absolute Gasteiger partial charge is 0.127 e. The van der Waals surface area contributed by atoms with Crippen molar-refractivity contribution in [2.24, 2.45) is 10.9 Å². The summed E-state index contributed by atoms with van der Waals surface area (Å²) >= 11 is 0. The van der Waals surface area contributed by atoms with Crippen molar-refractivity contribution >= 4 is 5.71 Å². The monoisotopic (exact) mass is 281 g/mol. The number of hydrogen-bond donors (Lipinski definition) is 0. The van der Waals surface area contributed by atoms with Crippen molar-refractivity contribution in [3.63, 3.8) is 0 Å². The van der Waals surface area contributed by atoms with Crippen molar-refractivity contribution in [1.82, 2.24) is 0 Å². The van der Waals surface area contributed by atoms with Crippen LogP contribution in [0.2, 0.25) is 0 Å². The van der Waals surface area contributed by atoms with Crippen LogP contribution in [0.15, 0.2) is 59.6 Å². The first-order valence-electron chi connectivity index (χ1n) is 7.43. The number of hydrogen-bond acceptors (Lipinski definition) is 2. The van der Waals surface area contributed by atoms with Gasteiger partial charge in [0.2, 0.25) is 0 Å². The van der Waals surface area contributed by atoms with Gasteiger partial charge >= 0.3 is 0 Å². The Balaban J connectivity index is 2.07. The van der Waals surface area contributed by atoms with Crippen LogP contribution in [0, 0.1) is 5.92 Å². The molecule has 110 valence electrons. The molecule has 0 bridgehead atoms. The van der Waals surface area contributed by atoms with Gasteiger partial charge in [0.05, 0.1) is 6.04 Å². The lowest BCUT2D eigenvalue weighted by Gasteiger charge is -2.12. The predicted octanol–water partition coefficient (Wildman–Crippen LogP) is 5.66. The zero-order chi connectivity index (χ0) is 15.2. The van der Waals surface area contributed by atoms with E-state index in [4.69, 9.17) is 9.73 Å². The number of nitrogens with zero attached hydrogens (tertiary/aromatic N) is 1. The maximum atomic E-state index is 5.80. The number of aliphatic imine (C=N–C) groups is 1. The minimum absolute atomic E-state index is 0.179. The third-order valence-corrected chi connectivity index (χ3v) is 3.57. The molecule has 2 aromatic rings. The molecule has 0 fully saturated rings. The number of benzene rings is 2. The Bertz CT molecular complexity index is 585. The molecular weight excluding hydrogens is 258 g/mol. The van der Waals surface area contributed by atoms with E-state index in [-0.39, 0.29) is 6.04 Å². The SMILES string of the molecule is C/C(=N/C(C)c1ccc(Oc2ccccc2)cc1)C(C)C. The van der Waals surface area contributed by atoms with E-state index in [2.05, 4.69) is 39.8 Å². The second kappa shape index (κ2) is 7.07. The van der Waals surface area contributed by atoms with E-state index in [9.17, 15) is 0 Å². The fourth-order valence-corrected chi connectivity index (χ4v) is 1.97. The maximum absolute atomic E-state index is 5.80. The van der Waals surface area contributed by atoms with Crippen LogP contribution in [0.1, 0.15) is 39.3 Å². The number of ether oxygens (including phenoxy) is 1. The van der Waals surface area contributed by atoms with Crippen LogP contribution in [-0.2, 0) is 0 Å². The molecule has 0 saturated heterocycles. The Morgan fingerprint density at radius 1 is 0.857 bits per heavy atom. The summed E-state index contributed by atoms with van der Waals surface area (Å²) in [4.78, 5) is 4.74. The maximum Gasteiger partial charge on any atom is 0.127 e. The molecule has 2 aromatic carbocycles. The molecule has 0 heterocycles. The van der Waals surface area contributed by atoms with E-state index >= 15 is 0 Å². The summed E-state index contributed by atoms with van der Waals surface area (Å²) in [6, 6.07) is 18.2. The third kappa shape index (κ3) is 4.45. The lowest BCUT2D eigenvalue weighted by molar-refractivity contribution is 0.482. The van der Waals surface area contributed by atoms with E-state index < -0.39 is 0 Å². The number of rotatable bonds is 5. The second-order valence-electron chi connectivity index (χ2n) is 5.59. The van der Waals surface area contributed by atoms with Gasteiger partial charge in [0.25, 0.3) is 0 Å². The highest BCUT2D eigenvalue weighted by atomic mass is 16.5. The average Bonchev–Trinajstić information content (AvgIpc) is 2.48. The normalized spacial score (nSPS) is 13.3. The first kappa shape index (κ1) is 15.3. The Kier molecular flexibility index (Phi) is 5.15. The van der Waals surface area contributed by atoms with Crippen LogP contribution in [0.25, 0.3) is 0 Å². The molecule has 0 spiro atoms. The van der Waals surface area contributed by atoms with Crippen molar-refractivity contribution in [1.29, 1.82) is 0 Å². The van der Waals surface area contributed by atoms with Crippen LogP contribution >= 0.6 is 0 Å². The van der Waals surface area contributed by atoms with E-state index in [1.807, 2.05) is 42.5 Å². The Morgan fingerprint density at radius 2 is 1.43 bits per heavy atom. The molecule has 0 aromatic heterocycles.